The monoisotopic (exact) mass is 319 g/mol. The molecule has 1 rings (SSSR count). The lowest BCUT2D eigenvalue weighted by Gasteiger charge is -2.22. The number of halogens is 2. The Balaban J connectivity index is 2.79. The third kappa shape index (κ3) is 3.51. The minimum absolute atomic E-state index is 0.0258. The second kappa shape index (κ2) is 6.82. The predicted octanol–water partition coefficient (Wildman–Crippen LogP) is 2.33. The summed E-state index contributed by atoms with van der Waals surface area (Å²) in [5.41, 5.74) is -0.0258. The van der Waals surface area contributed by atoms with Crippen LogP contribution in [0.2, 0.25) is 0 Å². The van der Waals surface area contributed by atoms with Gasteiger partial charge in [0.2, 0.25) is 0 Å². The highest BCUT2D eigenvalue weighted by Crippen LogP contribution is 2.18. The Hall–Kier alpha value is -0.980. The minimum Gasteiger partial charge on any atom is -0.354 e. The van der Waals surface area contributed by atoms with Crippen LogP contribution >= 0.6 is 15.9 Å². The Morgan fingerprint density at radius 1 is 1.39 bits per heavy atom. The first-order chi connectivity index (χ1) is 8.51. The van der Waals surface area contributed by atoms with Gasteiger partial charge in [0.15, 0.2) is 6.29 Å². The summed E-state index contributed by atoms with van der Waals surface area (Å²) in [4.78, 5) is 11.9. The SMILES string of the molecule is COC(OC)C(C)NC(=O)c1cccc(Br)c1F. The highest BCUT2D eigenvalue weighted by atomic mass is 79.9. The largest absolute Gasteiger partial charge is 0.354 e. The number of benzene rings is 1. The van der Waals surface area contributed by atoms with Crippen LogP contribution in [0.3, 0.4) is 0 Å². The normalized spacial score (nSPS) is 12.6. The molecule has 1 aromatic carbocycles. The first kappa shape index (κ1) is 15.1. The average molecular weight is 320 g/mol. The van der Waals surface area contributed by atoms with Gasteiger partial charge in [-0.2, -0.15) is 0 Å². The van der Waals surface area contributed by atoms with Crippen LogP contribution < -0.4 is 5.32 Å². The Morgan fingerprint density at radius 3 is 2.56 bits per heavy atom. The quantitative estimate of drug-likeness (QED) is 0.847. The Labute approximate surface area is 114 Å². The first-order valence-electron chi connectivity index (χ1n) is 5.31. The van der Waals surface area contributed by atoms with Crippen LogP contribution in [-0.2, 0) is 9.47 Å². The molecule has 4 nitrogen and oxygen atoms in total. The Kier molecular flexibility index (Phi) is 5.71. The molecule has 0 radical (unpaired) electrons. The van der Waals surface area contributed by atoms with E-state index in [-0.39, 0.29) is 10.0 Å². The van der Waals surface area contributed by atoms with Crippen LogP contribution in [0.1, 0.15) is 17.3 Å². The summed E-state index contributed by atoms with van der Waals surface area (Å²) in [7, 11) is 2.94. The molecule has 0 heterocycles. The zero-order valence-electron chi connectivity index (χ0n) is 10.4. The molecule has 0 aliphatic rings. The predicted molar refractivity (Wildman–Crippen MR) is 68.8 cm³/mol. The van der Waals surface area contributed by atoms with Crippen molar-refractivity contribution in [2.24, 2.45) is 0 Å². The van der Waals surface area contributed by atoms with E-state index in [1.54, 1.807) is 13.0 Å². The van der Waals surface area contributed by atoms with E-state index in [2.05, 4.69) is 21.2 Å². The van der Waals surface area contributed by atoms with Crippen LogP contribution in [0.5, 0.6) is 0 Å². The maximum Gasteiger partial charge on any atom is 0.254 e. The molecule has 0 spiro atoms. The van der Waals surface area contributed by atoms with Gasteiger partial charge >= 0.3 is 0 Å². The summed E-state index contributed by atoms with van der Waals surface area (Å²) in [5.74, 6) is -1.10. The summed E-state index contributed by atoms with van der Waals surface area (Å²) < 4.78 is 24.0. The van der Waals surface area contributed by atoms with E-state index >= 15 is 0 Å². The van der Waals surface area contributed by atoms with Gasteiger partial charge in [-0.25, -0.2) is 4.39 Å². The molecule has 0 saturated heterocycles. The lowest BCUT2D eigenvalue weighted by atomic mass is 10.2. The number of ether oxygens (including phenoxy) is 2. The van der Waals surface area contributed by atoms with Gasteiger partial charge in [0.1, 0.15) is 5.82 Å². The van der Waals surface area contributed by atoms with E-state index in [0.717, 1.165) is 0 Å². The molecule has 100 valence electrons. The molecule has 1 atom stereocenters. The number of carbonyl (C=O) groups excluding carboxylic acids is 1. The van der Waals surface area contributed by atoms with Crippen molar-refractivity contribution in [2.45, 2.75) is 19.3 Å². The van der Waals surface area contributed by atoms with Gasteiger partial charge in [0.25, 0.3) is 5.91 Å². The van der Waals surface area contributed by atoms with Gasteiger partial charge in [0, 0.05) is 14.2 Å². The van der Waals surface area contributed by atoms with Gasteiger partial charge in [-0.1, -0.05) is 6.07 Å². The summed E-state index contributed by atoms with van der Waals surface area (Å²) in [5, 5.41) is 2.62. The van der Waals surface area contributed by atoms with E-state index in [9.17, 15) is 9.18 Å². The molecule has 1 aromatic rings. The molecule has 1 N–H and O–H groups in total. The summed E-state index contributed by atoms with van der Waals surface area (Å²) in [6.45, 7) is 1.71. The minimum atomic E-state index is -0.589. The van der Waals surface area contributed by atoms with Gasteiger partial charge in [-0.3, -0.25) is 4.79 Å². The number of nitrogens with one attached hydrogen (secondary N) is 1. The second-order valence-corrected chi connectivity index (χ2v) is 4.56. The number of amides is 1. The molecule has 0 aliphatic carbocycles. The molecule has 6 heteroatoms. The molecule has 0 fully saturated rings. The topological polar surface area (TPSA) is 47.6 Å². The van der Waals surface area contributed by atoms with E-state index in [0.29, 0.717) is 0 Å². The number of hydrogen-bond donors (Lipinski definition) is 1. The molecule has 18 heavy (non-hydrogen) atoms. The maximum absolute atomic E-state index is 13.7. The fourth-order valence-corrected chi connectivity index (χ4v) is 1.90. The van der Waals surface area contributed by atoms with Gasteiger partial charge < -0.3 is 14.8 Å². The Morgan fingerprint density at radius 2 is 2.00 bits per heavy atom. The molecular formula is C12H15BrFNO3. The van der Waals surface area contributed by atoms with Crippen molar-refractivity contribution in [2.75, 3.05) is 14.2 Å². The maximum atomic E-state index is 13.7. The van der Waals surface area contributed by atoms with Crippen molar-refractivity contribution >= 4 is 21.8 Å². The summed E-state index contributed by atoms with van der Waals surface area (Å²) in [6, 6.07) is 4.14. The van der Waals surface area contributed by atoms with E-state index in [1.807, 2.05) is 0 Å². The fraction of sp³-hybridized carbons (Fsp3) is 0.417. The zero-order chi connectivity index (χ0) is 13.7. The Bertz CT molecular complexity index is 424. The van der Waals surface area contributed by atoms with Crippen molar-refractivity contribution in [1.29, 1.82) is 0 Å². The van der Waals surface area contributed by atoms with Crippen molar-refractivity contribution < 1.29 is 18.7 Å². The van der Waals surface area contributed by atoms with Crippen LogP contribution in [0.4, 0.5) is 4.39 Å². The highest BCUT2D eigenvalue weighted by molar-refractivity contribution is 9.10. The van der Waals surface area contributed by atoms with E-state index < -0.39 is 24.1 Å². The van der Waals surface area contributed by atoms with Crippen LogP contribution in [0, 0.1) is 5.82 Å². The average Bonchev–Trinajstić information content (AvgIpc) is 2.34. The molecular weight excluding hydrogens is 305 g/mol. The van der Waals surface area contributed by atoms with Gasteiger partial charge in [-0.15, -0.1) is 0 Å². The van der Waals surface area contributed by atoms with Gasteiger partial charge in [0.05, 0.1) is 16.1 Å². The summed E-state index contributed by atoms with van der Waals surface area (Å²) in [6.07, 6.45) is -0.579. The second-order valence-electron chi connectivity index (χ2n) is 3.70. The standard InChI is InChI=1S/C12H15BrFNO3/c1-7(12(17-2)18-3)15-11(16)8-5-4-6-9(13)10(8)14/h4-7,12H,1-3H3,(H,15,16). The van der Waals surface area contributed by atoms with Crippen molar-refractivity contribution in [3.63, 3.8) is 0 Å². The molecule has 0 bridgehead atoms. The third-order valence-electron chi connectivity index (χ3n) is 2.43. The molecule has 1 unspecified atom stereocenters. The first-order valence-corrected chi connectivity index (χ1v) is 6.11. The van der Waals surface area contributed by atoms with Crippen molar-refractivity contribution in [1.82, 2.24) is 5.32 Å². The lowest BCUT2D eigenvalue weighted by Crippen LogP contribution is -2.43. The van der Waals surface area contributed by atoms with E-state index in [1.165, 1.54) is 26.4 Å². The smallest absolute Gasteiger partial charge is 0.254 e. The zero-order valence-corrected chi connectivity index (χ0v) is 12.0. The van der Waals surface area contributed by atoms with Crippen molar-refractivity contribution in [3.05, 3.63) is 34.1 Å². The molecule has 0 aliphatic heterocycles. The number of carbonyl (C=O) groups is 1. The van der Waals surface area contributed by atoms with Crippen LogP contribution in [0.15, 0.2) is 22.7 Å². The summed E-state index contributed by atoms with van der Waals surface area (Å²) >= 11 is 3.03. The van der Waals surface area contributed by atoms with E-state index in [4.69, 9.17) is 9.47 Å². The lowest BCUT2D eigenvalue weighted by molar-refractivity contribution is -0.117. The van der Waals surface area contributed by atoms with Crippen LogP contribution in [0.25, 0.3) is 0 Å². The van der Waals surface area contributed by atoms with Crippen molar-refractivity contribution in [3.8, 4) is 0 Å². The third-order valence-corrected chi connectivity index (χ3v) is 3.04. The van der Waals surface area contributed by atoms with Crippen LogP contribution in [-0.4, -0.2) is 32.5 Å². The number of hydrogen-bond acceptors (Lipinski definition) is 3. The highest BCUT2D eigenvalue weighted by Gasteiger charge is 2.21. The molecule has 1 amide bonds. The van der Waals surface area contributed by atoms with Gasteiger partial charge in [-0.05, 0) is 35.0 Å². The number of rotatable bonds is 5. The molecule has 0 saturated carbocycles. The fourth-order valence-electron chi connectivity index (χ4n) is 1.54. The number of methoxy groups -OCH3 is 2. The molecule has 0 aromatic heterocycles.